The van der Waals surface area contributed by atoms with Gasteiger partial charge in [0.2, 0.25) is 0 Å². The Labute approximate surface area is 125 Å². The molecule has 0 radical (unpaired) electrons. The van der Waals surface area contributed by atoms with E-state index in [1.165, 1.54) is 11.1 Å². The van der Waals surface area contributed by atoms with Crippen molar-refractivity contribution in [2.45, 2.75) is 64.6 Å². The molecule has 0 spiro atoms. The first kappa shape index (κ1) is 18.0. The standard InChI is InChI=1S/C17H26F3N/c1-3-13-21-16(5-4-12-17(18,19)20)11-10-15-8-6-14(2)7-9-15/h6-9,16,21H,3-5,10-13H2,1-2H3. The molecule has 4 heteroatoms. The fourth-order valence-corrected chi connectivity index (χ4v) is 2.34. The van der Waals surface area contributed by atoms with Crippen LogP contribution in [0.2, 0.25) is 0 Å². The second-order valence-electron chi connectivity index (χ2n) is 5.68. The molecule has 0 fully saturated rings. The summed E-state index contributed by atoms with van der Waals surface area (Å²) in [4.78, 5) is 0. The quantitative estimate of drug-likeness (QED) is 0.674. The Hall–Kier alpha value is -1.03. The fourth-order valence-electron chi connectivity index (χ4n) is 2.34. The zero-order valence-corrected chi connectivity index (χ0v) is 13.0. The van der Waals surface area contributed by atoms with Crippen molar-refractivity contribution in [2.24, 2.45) is 0 Å². The van der Waals surface area contributed by atoms with Crippen molar-refractivity contribution < 1.29 is 13.2 Å². The maximum Gasteiger partial charge on any atom is 0.389 e. The SMILES string of the molecule is CCCNC(CCCC(F)(F)F)CCc1ccc(C)cc1. The summed E-state index contributed by atoms with van der Waals surface area (Å²) in [5, 5.41) is 3.37. The average molecular weight is 301 g/mol. The number of alkyl halides is 3. The molecule has 0 amide bonds. The van der Waals surface area contributed by atoms with Gasteiger partial charge in [0, 0.05) is 12.5 Å². The van der Waals surface area contributed by atoms with Crippen LogP contribution < -0.4 is 5.32 Å². The van der Waals surface area contributed by atoms with Gasteiger partial charge in [0.1, 0.15) is 0 Å². The molecule has 1 aromatic carbocycles. The Morgan fingerprint density at radius 1 is 1.10 bits per heavy atom. The van der Waals surface area contributed by atoms with Gasteiger partial charge in [-0.05, 0) is 51.1 Å². The smallest absolute Gasteiger partial charge is 0.314 e. The molecule has 0 aliphatic carbocycles. The van der Waals surface area contributed by atoms with Crippen molar-refractivity contribution in [1.29, 1.82) is 0 Å². The average Bonchev–Trinajstić information content (AvgIpc) is 2.41. The number of benzene rings is 1. The maximum atomic E-state index is 12.2. The molecule has 1 unspecified atom stereocenters. The Morgan fingerprint density at radius 2 is 1.76 bits per heavy atom. The molecule has 0 heterocycles. The number of rotatable bonds is 9. The summed E-state index contributed by atoms with van der Waals surface area (Å²) < 4.78 is 36.7. The van der Waals surface area contributed by atoms with Crippen molar-refractivity contribution in [3.05, 3.63) is 35.4 Å². The van der Waals surface area contributed by atoms with Gasteiger partial charge in [-0.3, -0.25) is 0 Å². The highest BCUT2D eigenvalue weighted by Crippen LogP contribution is 2.23. The molecule has 0 aliphatic heterocycles. The van der Waals surface area contributed by atoms with E-state index in [0.29, 0.717) is 6.42 Å². The molecule has 0 aromatic heterocycles. The van der Waals surface area contributed by atoms with E-state index in [2.05, 4.69) is 36.5 Å². The number of hydrogen-bond donors (Lipinski definition) is 1. The second-order valence-corrected chi connectivity index (χ2v) is 5.68. The van der Waals surface area contributed by atoms with E-state index in [0.717, 1.165) is 25.8 Å². The molecule has 0 saturated heterocycles. The van der Waals surface area contributed by atoms with Gasteiger partial charge >= 0.3 is 6.18 Å². The highest BCUT2D eigenvalue weighted by Gasteiger charge is 2.26. The summed E-state index contributed by atoms with van der Waals surface area (Å²) in [7, 11) is 0. The monoisotopic (exact) mass is 301 g/mol. The molecule has 1 atom stereocenters. The lowest BCUT2D eigenvalue weighted by Crippen LogP contribution is -2.30. The molecule has 0 saturated carbocycles. The number of aryl methyl sites for hydroxylation is 2. The van der Waals surface area contributed by atoms with Crippen LogP contribution in [0.4, 0.5) is 13.2 Å². The molecular formula is C17H26F3N. The Kier molecular flexibility index (Phi) is 7.79. The van der Waals surface area contributed by atoms with Crippen molar-refractivity contribution in [2.75, 3.05) is 6.54 Å². The summed E-state index contributed by atoms with van der Waals surface area (Å²) in [6.07, 6.45) is -1.12. The maximum absolute atomic E-state index is 12.2. The van der Waals surface area contributed by atoms with E-state index in [-0.39, 0.29) is 12.5 Å². The third-order valence-electron chi connectivity index (χ3n) is 3.60. The Morgan fingerprint density at radius 3 is 2.33 bits per heavy atom. The van der Waals surface area contributed by atoms with Crippen LogP contribution in [0.3, 0.4) is 0 Å². The van der Waals surface area contributed by atoms with Crippen LogP contribution in [-0.4, -0.2) is 18.8 Å². The van der Waals surface area contributed by atoms with Crippen LogP contribution in [0.5, 0.6) is 0 Å². The van der Waals surface area contributed by atoms with Crippen LogP contribution in [0.15, 0.2) is 24.3 Å². The Bertz CT molecular complexity index is 384. The summed E-state index contributed by atoms with van der Waals surface area (Å²) >= 11 is 0. The molecule has 1 aromatic rings. The van der Waals surface area contributed by atoms with Gasteiger partial charge in [-0.1, -0.05) is 36.8 Å². The molecular weight excluding hydrogens is 275 g/mol. The molecule has 1 nitrogen and oxygen atoms in total. The van der Waals surface area contributed by atoms with E-state index in [1.54, 1.807) is 0 Å². The van der Waals surface area contributed by atoms with Crippen LogP contribution >= 0.6 is 0 Å². The molecule has 0 bridgehead atoms. The number of hydrogen-bond acceptors (Lipinski definition) is 1. The Balaban J connectivity index is 2.39. The van der Waals surface area contributed by atoms with E-state index >= 15 is 0 Å². The molecule has 120 valence electrons. The minimum Gasteiger partial charge on any atom is -0.314 e. The highest BCUT2D eigenvalue weighted by atomic mass is 19.4. The first-order valence-electron chi connectivity index (χ1n) is 7.76. The third kappa shape index (κ3) is 8.76. The summed E-state index contributed by atoms with van der Waals surface area (Å²) in [6, 6.07) is 8.53. The van der Waals surface area contributed by atoms with E-state index in [4.69, 9.17) is 0 Å². The summed E-state index contributed by atoms with van der Waals surface area (Å²) in [5.74, 6) is 0. The first-order chi connectivity index (χ1) is 9.90. The van der Waals surface area contributed by atoms with Crippen molar-refractivity contribution in [1.82, 2.24) is 5.32 Å². The van der Waals surface area contributed by atoms with Gasteiger partial charge < -0.3 is 5.32 Å². The van der Waals surface area contributed by atoms with Crippen molar-refractivity contribution in [3.63, 3.8) is 0 Å². The predicted octanol–water partition coefficient (Wildman–Crippen LogP) is 5.03. The lowest BCUT2D eigenvalue weighted by Gasteiger charge is -2.19. The molecule has 1 N–H and O–H groups in total. The van der Waals surface area contributed by atoms with Crippen LogP contribution in [-0.2, 0) is 6.42 Å². The minimum absolute atomic E-state index is 0.175. The van der Waals surface area contributed by atoms with Gasteiger partial charge in [0.15, 0.2) is 0 Å². The van der Waals surface area contributed by atoms with Crippen molar-refractivity contribution in [3.8, 4) is 0 Å². The van der Waals surface area contributed by atoms with Gasteiger partial charge in [-0.15, -0.1) is 0 Å². The lowest BCUT2D eigenvalue weighted by molar-refractivity contribution is -0.135. The highest BCUT2D eigenvalue weighted by molar-refractivity contribution is 5.21. The fraction of sp³-hybridized carbons (Fsp3) is 0.647. The zero-order valence-electron chi connectivity index (χ0n) is 13.0. The van der Waals surface area contributed by atoms with Crippen LogP contribution in [0.25, 0.3) is 0 Å². The van der Waals surface area contributed by atoms with E-state index in [9.17, 15) is 13.2 Å². The van der Waals surface area contributed by atoms with E-state index < -0.39 is 12.6 Å². The number of nitrogens with one attached hydrogen (secondary N) is 1. The van der Waals surface area contributed by atoms with Gasteiger partial charge in [0.05, 0.1) is 0 Å². The van der Waals surface area contributed by atoms with Gasteiger partial charge in [-0.2, -0.15) is 13.2 Å². The molecule has 21 heavy (non-hydrogen) atoms. The molecule has 0 aliphatic rings. The summed E-state index contributed by atoms with van der Waals surface area (Å²) in [5.41, 5.74) is 2.48. The van der Waals surface area contributed by atoms with E-state index in [1.807, 2.05) is 6.92 Å². The normalized spacial score (nSPS) is 13.4. The van der Waals surface area contributed by atoms with Crippen LogP contribution in [0.1, 0.15) is 50.2 Å². The predicted molar refractivity (Wildman–Crippen MR) is 81.5 cm³/mol. The largest absolute Gasteiger partial charge is 0.389 e. The third-order valence-corrected chi connectivity index (χ3v) is 3.60. The van der Waals surface area contributed by atoms with Gasteiger partial charge in [-0.25, -0.2) is 0 Å². The van der Waals surface area contributed by atoms with Crippen molar-refractivity contribution >= 4 is 0 Å². The second kappa shape index (κ2) is 9.08. The number of halogens is 3. The van der Waals surface area contributed by atoms with Crippen LogP contribution in [0, 0.1) is 6.92 Å². The lowest BCUT2D eigenvalue weighted by atomic mass is 10.00. The minimum atomic E-state index is -4.04. The zero-order chi connectivity index (χ0) is 15.7. The van der Waals surface area contributed by atoms with Gasteiger partial charge in [0.25, 0.3) is 0 Å². The molecule has 1 rings (SSSR count). The topological polar surface area (TPSA) is 12.0 Å². The first-order valence-corrected chi connectivity index (χ1v) is 7.76. The summed E-state index contributed by atoms with van der Waals surface area (Å²) in [6.45, 7) is 4.98.